The van der Waals surface area contributed by atoms with Crippen molar-refractivity contribution in [3.05, 3.63) is 35.1 Å². The Hall–Kier alpha value is -1.91. The molecule has 3 N–H and O–H groups in total. The van der Waals surface area contributed by atoms with Gasteiger partial charge in [-0.1, -0.05) is 0 Å². The summed E-state index contributed by atoms with van der Waals surface area (Å²) in [5.41, 5.74) is 6.06. The van der Waals surface area contributed by atoms with Crippen molar-refractivity contribution in [2.45, 2.75) is 26.2 Å². The molecule has 0 aliphatic rings. The Labute approximate surface area is 105 Å². The molecule has 18 heavy (non-hydrogen) atoms. The summed E-state index contributed by atoms with van der Waals surface area (Å²) in [7, 11) is 0. The number of halogens is 1. The normalized spacial score (nSPS) is 10.1. The summed E-state index contributed by atoms with van der Waals surface area (Å²) >= 11 is 0. The summed E-state index contributed by atoms with van der Waals surface area (Å²) in [5.74, 6) is -0.923. The SMILES string of the molecule is Cc1cc(F)ccc1C(=O)NCCCCC(N)=O. The topological polar surface area (TPSA) is 72.2 Å². The number of hydrogen-bond donors (Lipinski definition) is 2. The lowest BCUT2D eigenvalue weighted by Crippen LogP contribution is -2.25. The maximum Gasteiger partial charge on any atom is 0.251 e. The van der Waals surface area contributed by atoms with Crippen molar-refractivity contribution in [3.8, 4) is 0 Å². The van der Waals surface area contributed by atoms with E-state index in [9.17, 15) is 14.0 Å². The fraction of sp³-hybridized carbons (Fsp3) is 0.385. The van der Waals surface area contributed by atoms with E-state index in [-0.39, 0.29) is 17.6 Å². The lowest BCUT2D eigenvalue weighted by molar-refractivity contribution is -0.118. The van der Waals surface area contributed by atoms with Gasteiger partial charge in [0.15, 0.2) is 0 Å². The number of nitrogens with one attached hydrogen (secondary N) is 1. The van der Waals surface area contributed by atoms with Gasteiger partial charge < -0.3 is 11.1 Å². The summed E-state index contributed by atoms with van der Waals surface area (Å²) < 4.78 is 12.9. The number of aryl methyl sites for hydroxylation is 1. The average Bonchev–Trinajstić information content (AvgIpc) is 2.27. The molecule has 0 aliphatic heterocycles. The fourth-order valence-electron chi connectivity index (χ4n) is 1.60. The minimum absolute atomic E-state index is 0.230. The molecule has 0 unspecified atom stereocenters. The van der Waals surface area contributed by atoms with Gasteiger partial charge in [-0.15, -0.1) is 0 Å². The fourth-order valence-corrected chi connectivity index (χ4v) is 1.60. The lowest BCUT2D eigenvalue weighted by atomic mass is 10.1. The minimum Gasteiger partial charge on any atom is -0.370 e. The summed E-state index contributed by atoms with van der Waals surface area (Å²) in [5, 5.41) is 2.72. The van der Waals surface area contributed by atoms with E-state index in [1.807, 2.05) is 0 Å². The van der Waals surface area contributed by atoms with Crippen LogP contribution in [0.2, 0.25) is 0 Å². The highest BCUT2D eigenvalue weighted by Gasteiger charge is 2.08. The van der Waals surface area contributed by atoms with E-state index < -0.39 is 0 Å². The second kappa shape index (κ2) is 6.74. The molecule has 0 saturated heterocycles. The molecule has 1 rings (SSSR count). The highest BCUT2D eigenvalue weighted by atomic mass is 19.1. The van der Waals surface area contributed by atoms with E-state index in [0.717, 1.165) is 0 Å². The number of rotatable bonds is 6. The van der Waals surface area contributed by atoms with Gasteiger partial charge in [0.05, 0.1) is 0 Å². The molecule has 1 aromatic carbocycles. The van der Waals surface area contributed by atoms with Crippen LogP contribution >= 0.6 is 0 Å². The van der Waals surface area contributed by atoms with Crippen LogP contribution in [-0.2, 0) is 4.79 Å². The number of primary amides is 1. The molecule has 98 valence electrons. The number of carbonyl (C=O) groups excluding carboxylic acids is 2. The van der Waals surface area contributed by atoms with E-state index >= 15 is 0 Å². The van der Waals surface area contributed by atoms with Gasteiger partial charge in [0.2, 0.25) is 5.91 Å². The number of hydrogen-bond acceptors (Lipinski definition) is 2. The molecule has 0 atom stereocenters. The maximum atomic E-state index is 12.9. The Balaban J connectivity index is 2.39. The van der Waals surface area contributed by atoms with Crippen molar-refractivity contribution in [2.24, 2.45) is 5.73 Å². The standard InChI is InChI=1S/C13H17FN2O2/c1-9-8-10(14)5-6-11(9)13(18)16-7-3-2-4-12(15)17/h5-6,8H,2-4,7H2,1H3,(H2,15,17)(H,16,18). The third-order valence-electron chi connectivity index (χ3n) is 2.57. The van der Waals surface area contributed by atoms with E-state index in [4.69, 9.17) is 5.73 Å². The van der Waals surface area contributed by atoms with E-state index in [2.05, 4.69) is 5.32 Å². The molecule has 0 saturated carbocycles. The first-order chi connectivity index (χ1) is 8.50. The summed E-state index contributed by atoms with van der Waals surface area (Å²) in [6.07, 6.45) is 1.67. The van der Waals surface area contributed by atoms with Crippen molar-refractivity contribution in [3.63, 3.8) is 0 Å². The Bertz CT molecular complexity index is 447. The van der Waals surface area contributed by atoms with Crippen LogP contribution < -0.4 is 11.1 Å². The number of amides is 2. The van der Waals surface area contributed by atoms with Gasteiger partial charge in [0.25, 0.3) is 5.91 Å². The van der Waals surface area contributed by atoms with Crippen molar-refractivity contribution >= 4 is 11.8 Å². The van der Waals surface area contributed by atoms with Gasteiger partial charge in [-0.3, -0.25) is 9.59 Å². The number of unbranched alkanes of at least 4 members (excludes halogenated alkanes) is 1. The first-order valence-corrected chi connectivity index (χ1v) is 5.83. The molecule has 0 heterocycles. The van der Waals surface area contributed by atoms with Crippen molar-refractivity contribution in [1.82, 2.24) is 5.32 Å². The zero-order valence-corrected chi connectivity index (χ0v) is 10.3. The summed E-state index contributed by atoms with van der Waals surface area (Å²) in [6, 6.07) is 4.04. The third-order valence-corrected chi connectivity index (χ3v) is 2.57. The zero-order valence-electron chi connectivity index (χ0n) is 10.3. The van der Waals surface area contributed by atoms with Crippen LogP contribution in [0.15, 0.2) is 18.2 Å². The third kappa shape index (κ3) is 4.53. The smallest absolute Gasteiger partial charge is 0.251 e. The molecule has 0 spiro atoms. The Kier molecular flexibility index (Phi) is 5.30. The Morgan fingerprint density at radius 1 is 1.33 bits per heavy atom. The number of nitrogens with two attached hydrogens (primary N) is 1. The van der Waals surface area contributed by atoms with E-state index in [1.54, 1.807) is 6.92 Å². The second-order valence-corrected chi connectivity index (χ2v) is 4.14. The van der Waals surface area contributed by atoms with E-state index in [1.165, 1.54) is 18.2 Å². The van der Waals surface area contributed by atoms with Gasteiger partial charge in [0.1, 0.15) is 5.82 Å². The first-order valence-electron chi connectivity index (χ1n) is 5.83. The highest BCUT2D eigenvalue weighted by molar-refractivity contribution is 5.95. The van der Waals surface area contributed by atoms with Crippen LogP contribution in [0.4, 0.5) is 4.39 Å². The van der Waals surface area contributed by atoms with Crippen LogP contribution in [0.3, 0.4) is 0 Å². The first kappa shape index (κ1) is 14.2. The van der Waals surface area contributed by atoms with Crippen molar-refractivity contribution in [1.29, 1.82) is 0 Å². The molecular formula is C13H17FN2O2. The number of carbonyl (C=O) groups is 2. The van der Waals surface area contributed by atoms with Gasteiger partial charge in [-0.2, -0.15) is 0 Å². The summed E-state index contributed by atoms with van der Waals surface area (Å²) in [6.45, 7) is 2.16. The molecule has 0 aliphatic carbocycles. The molecule has 0 fully saturated rings. The molecule has 0 aromatic heterocycles. The largest absolute Gasteiger partial charge is 0.370 e. The van der Waals surface area contributed by atoms with Gasteiger partial charge in [-0.25, -0.2) is 4.39 Å². The van der Waals surface area contributed by atoms with E-state index in [0.29, 0.717) is 36.9 Å². The van der Waals surface area contributed by atoms with Crippen LogP contribution in [0, 0.1) is 12.7 Å². The molecule has 0 radical (unpaired) electrons. The minimum atomic E-state index is -0.356. The Morgan fingerprint density at radius 3 is 2.67 bits per heavy atom. The van der Waals surface area contributed by atoms with Gasteiger partial charge in [0, 0.05) is 18.5 Å². The Morgan fingerprint density at radius 2 is 2.06 bits per heavy atom. The van der Waals surface area contributed by atoms with Crippen molar-refractivity contribution < 1.29 is 14.0 Å². The molecule has 4 nitrogen and oxygen atoms in total. The van der Waals surface area contributed by atoms with Gasteiger partial charge in [-0.05, 0) is 43.5 Å². The van der Waals surface area contributed by atoms with Crippen molar-refractivity contribution in [2.75, 3.05) is 6.54 Å². The van der Waals surface area contributed by atoms with Crippen LogP contribution in [0.5, 0.6) is 0 Å². The van der Waals surface area contributed by atoms with Crippen LogP contribution in [-0.4, -0.2) is 18.4 Å². The average molecular weight is 252 g/mol. The maximum absolute atomic E-state index is 12.9. The zero-order chi connectivity index (χ0) is 13.5. The highest BCUT2D eigenvalue weighted by Crippen LogP contribution is 2.09. The molecule has 0 bridgehead atoms. The molecule has 2 amide bonds. The quantitative estimate of drug-likeness (QED) is 0.753. The molecular weight excluding hydrogens is 235 g/mol. The summed E-state index contributed by atoms with van der Waals surface area (Å²) in [4.78, 5) is 22.2. The van der Waals surface area contributed by atoms with Crippen LogP contribution in [0.25, 0.3) is 0 Å². The monoisotopic (exact) mass is 252 g/mol. The molecule has 5 heteroatoms. The van der Waals surface area contributed by atoms with Gasteiger partial charge >= 0.3 is 0 Å². The van der Waals surface area contributed by atoms with Crippen LogP contribution in [0.1, 0.15) is 35.2 Å². The predicted molar refractivity (Wildman–Crippen MR) is 66.5 cm³/mol. The number of benzene rings is 1. The second-order valence-electron chi connectivity index (χ2n) is 4.14. The predicted octanol–water partition coefficient (Wildman–Crippen LogP) is 1.52. The molecule has 1 aromatic rings. The lowest BCUT2D eigenvalue weighted by Gasteiger charge is -2.07.